The van der Waals surface area contributed by atoms with E-state index in [1.165, 1.54) is 17.3 Å². The Kier molecular flexibility index (Phi) is 9.19. The third kappa shape index (κ3) is 6.85. The topological polar surface area (TPSA) is 69.0 Å². The summed E-state index contributed by atoms with van der Waals surface area (Å²) in [6.45, 7) is 13.4. The molecule has 1 atom stereocenters. The molecular weight excluding hydrogens is 512 g/mol. The second-order valence-electron chi connectivity index (χ2n) is 9.10. The summed E-state index contributed by atoms with van der Waals surface area (Å²) in [5, 5.41) is 12.5. The van der Waals surface area contributed by atoms with Crippen molar-refractivity contribution in [3.05, 3.63) is 63.9 Å². The van der Waals surface area contributed by atoms with Crippen LogP contribution in [0.15, 0.2) is 52.1 Å². The van der Waals surface area contributed by atoms with Crippen LogP contribution in [0.1, 0.15) is 63.6 Å². The Morgan fingerprint density at radius 2 is 1.85 bits per heavy atom. The monoisotopic (exact) mass is 544 g/mol. The highest BCUT2D eigenvalue weighted by molar-refractivity contribution is 9.10. The summed E-state index contributed by atoms with van der Waals surface area (Å²) >= 11 is 4.87. The van der Waals surface area contributed by atoms with Crippen molar-refractivity contribution in [2.45, 2.75) is 65.3 Å². The fourth-order valence-electron chi connectivity index (χ4n) is 3.60. The van der Waals surface area contributed by atoms with Gasteiger partial charge in [-0.3, -0.25) is 4.79 Å². The van der Waals surface area contributed by atoms with E-state index in [4.69, 9.17) is 4.74 Å². The molecule has 0 saturated carbocycles. The summed E-state index contributed by atoms with van der Waals surface area (Å²) in [5.74, 6) is 2.54. The zero-order valence-electron chi connectivity index (χ0n) is 20.6. The van der Waals surface area contributed by atoms with Gasteiger partial charge in [0.2, 0.25) is 5.91 Å². The van der Waals surface area contributed by atoms with Crippen LogP contribution in [0.4, 0.5) is 5.69 Å². The SMILES string of the molecule is Cc1cc(NC(=O)CSc2nnc(C(C)Oc3ccccc3C(C)C)n2CC(C)C)ccc1Br. The third-order valence-electron chi connectivity index (χ3n) is 5.28. The van der Waals surface area contributed by atoms with Gasteiger partial charge in [-0.2, -0.15) is 0 Å². The molecule has 182 valence electrons. The Morgan fingerprint density at radius 3 is 2.53 bits per heavy atom. The number of carbonyl (C=O) groups is 1. The number of aryl methyl sites for hydroxylation is 1. The maximum atomic E-state index is 12.6. The number of hydrogen-bond donors (Lipinski definition) is 1. The van der Waals surface area contributed by atoms with E-state index in [1.54, 1.807) is 0 Å². The highest BCUT2D eigenvalue weighted by Gasteiger charge is 2.22. The number of halogens is 1. The number of amides is 1. The molecule has 1 N–H and O–H groups in total. The van der Waals surface area contributed by atoms with Crippen molar-refractivity contribution in [2.24, 2.45) is 5.92 Å². The summed E-state index contributed by atoms with van der Waals surface area (Å²) in [7, 11) is 0. The quantitative estimate of drug-likeness (QED) is 0.278. The van der Waals surface area contributed by atoms with E-state index in [2.05, 4.69) is 69.8 Å². The number of rotatable bonds is 10. The van der Waals surface area contributed by atoms with Crippen LogP contribution in [0.5, 0.6) is 5.75 Å². The molecule has 2 aromatic carbocycles. The van der Waals surface area contributed by atoms with Crippen LogP contribution in [0.25, 0.3) is 0 Å². The van der Waals surface area contributed by atoms with Crippen LogP contribution in [0.3, 0.4) is 0 Å². The van der Waals surface area contributed by atoms with E-state index in [-0.39, 0.29) is 17.8 Å². The molecule has 6 nitrogen and oxygen atoms in total. The lowest BCUT2D eigenvalue weighted by molar-refractivity contribution is -0.113. The first-order chi connectivity index (χ1) is 16.2. The number of ether oxygens (including phenoxy) is 1. The first kappa shape index (κ1) is 26.3. The number of carbonyl (C=O) groups excluding carboxylic acids is 1. The van der Waals surface area contributed by atoms with E-state index < -0.39 is 0 Å². The van der Waals surface area contributed by atoms with Gasteiger partial charge in [-0.05, 0) is 61.1 Å². The Bertz CT molecular complexity index is 1130. The molecule has 0 aliphatic heterocycles. The van der Waals surface area contributed by atoms with Crippen molar-refractivity contribution < 1.29 is 9.53 Å². The van der Waals surface area contributed by atoms with Crippen molar-refractivity contribution in [3.8, 4) is 5.75 Å². The summed E-state index contributed by atoms with van der Waals surface area (Å²) in [6, 6.07) is 13.9. The normalized spacial score (nSPS) is 12.3. The average molecular weight is 546 g/mol. The molecule has 8 heteroatoms. The van der Waals surface area contributed by atoms with Gasteiger partial charge in [0.05, 0.1) is 5.75 Å². The number of aromatic nitrogens is 3. The van der Waals surface area contributed by atoms with Gasteiger partial charge in [-0.25, -0.2) is 0 Å². The number of para-hydroxylation sites is 1. The van der Waals surface area contributed by atoms with Gasteiger partial charge < -0.3 is 14.6 Å². The molecule has 1 unspecified atom stereocenters. The summed E-state index contributed by atoms with van der Waals surface area (Å²) in [4.78, 5) is 12.6. The van der Waals surface area contributed by atoms with E-state index in [0.29, 0.717) is 11.8 Å². The zero-order valence-corrected chi connectivity index (χ0v) is 23.0. The van der Waals surface area contributed by atoms with E-state index >= 15 is 0 Å². The average Bonchev–Trinajstić information content (AvgIpc) is 3.17. The van der Waals surface area contributed by atoms with E-state index in [1.807, 2.05) is 50.2 Å². The lowest BCUT2D eigenvalue weighted by Gasteiger charge is -2.20. The molecule has 1 aromatic heterocycles. The van der Waals surface area contributed by atoms with Crippen molar-refractivity contribution in [3.63, 3.8) is 0 Å². The number of hydrogen-bond acceptors (Lipinski definition) is 5. The van der Waals surface area contributed by atoms with Gasteiger partial charge in [0.15, 0.2) is 17.1 Å². The minimum absolute atomic E-state index is 0.0810. The molecule has 0 radical (unpaired) electrons. The zero-order chi connectivity index (χ0) is 24.8. The summed E-state index contributed by atoms with van der Waals surface area (Å²) in [6.07, 6.45) is -0.278. The maximum absolute atomic E-state index is 12.6. The van der Waals surface area contributed by atoms with Gasteiger partial charge in [0.25, 0.3) is 0 Å². The second-order valence-corrected chi connectivity index (χ2v) is 10.9. The Hall–Kier alpha value is -2.32. The molecule has 1 heterocycles. The van der Waals surface area contributed by atoms with Crippen LogP contribution in [-0.4, -0.2) is 26.4 Å². The first-order valence-electron chi connectivity index (χ1n) is 11.5. The number of nitrogens with one attached hydrogen (secondary N) is 1. The Labute approximate surface area is 215 Å². The van der Waals surface area contributed by atoms with Crippen molar-refractivity contribution in [1.29, 1.82) is 0 Å². The molecule has 0 saturated heterocycles. The molecule has 0 aliphatic rings. The second kappa shape index (κ2) is 11.9. The molecule has 0 spiro atoms. The van der Waals surface area contributed by atoms with Gasteiger partial charge in [-0.1, -0.05) is 73.6 Å². The van der Waals surface area contributed by atoms with Gasteiger partial charge in [0.1, 0.15) is 5.75 Å². The summed E-state index contributed by atoms with van der Waals surface area (Å²) < 4.78 is 9.43. The lowest BCUT2D eigenvalue weighted by atomic mass is 10.0. The van der Waals surface area contributed by atoms with Crippen LogP contribution < -0.4 is 10.1 Å². The molecule has 3 aromatic rings. The highest BCUT2D eigenvalue weighted by Crippen LogP contribution is 2.31. The molecule has 3 rings (SSSR count). The highest BCUT2D eigenvalue weighted by atomic mass is 79.9. The minimum Gasteiger partial charge on any atom is -0.482 e. The molecule has 0 fully saturated rings. The van der Waals surface area contributed by atoms with Crippen LogP contribution >= 0.6 is 27.7 Å². The predicted octanol–water partition coefficient (Wildman–Crippen LogP) is 7.00. The number of thioether (sulfide) groups is 1. The van der Waals surface area contributed by atoms with Crippen molar-refractivity contribution in [1.82, 2.24) is 14.8 Å². The molecular formula is C26H33BrN4O2S. The van der Waals surface area contributed by atoms with Crippen LogP contribution in [0, 0.1) is 12.8 Å². The lowest BCUT2D eigenvalue weighted by Crippen LogP contribution is -2.17. The molecule has 0 bridgehead atoms. The van der Waals surface area contributed by atoms with Crippen molar-refractivity contribution in [2.75, 3.05) is 11.1 Å². The number of nitrogens with zero attached hydrogens (tertiary/aromatic N) is 3. The van der Waals surface area contributed by atoms with Gasteiger partial charge >= 0.3 is 0 Å². The largest absolute Gasteiger partial charge is 0.482 e. The fraction of sp³-hybridized carbons (Fsp3) is 0.423. The van der Waals surface area contributed by atoms with E-state index in [9.17, 15) is 4.79 Å². The fourth-order valence-corrected chi connectivity index (χ4v) is 4.60. The van der Waals surface area contributed by atoms with E-state index in [0.717, 1.165) is 39.0 Å². The number of anilines is 1. The smallest absolute Gasteiger partial charge is 0.234 e. The Morgan fingerprint density at radius 1 is 1.12 bits per heavy atom. The predicted molar refractivity (Wildman–Crippen MR) is 143 cm³/mol. The third-order valence-corrected chi connectivity index (χ3v) is 7.13. The minimum atomic E-state index is -0.278. The molecule has 1 amide bonds. The van der Waals surface area contributed by atoms with Crippen LogP contribution in [-0.2, 0) is 11.3 Å². The summed E-state index contributed by atoms with van der Waals surface area (Å²) in [5.41, 5.74) is 3.01. The molecule has 0 aliphatic carbocycles. The number of benzene rings is 2. The van der Waals surface area contributed by atoms with Gasteiger partial charge in [-0.15, -0.1) is 10.2 Å². The molecule has 34 heavy (non-hydrogen) atoms. The maximum Gasteiger partial charge on any atom is 0.234 e. The van der Waals surface area contributed by atoms with Gasteiger partial charge in [0, 0.05) is 16.7 Å². The van der Waals surface area contributed by atoms with Crippen LogP contribution in [0.2, 0.25) is 0 Å². The first-order valence-corrected chi connectivity index (χ1v) is 13.3. The standard InChI is InChI=1S/C26H33BrN4O2S/c1-16(2)14-31-25(19(6)33-23-10-8-7-9-21(23)17(3)4)29-30-26(31)34-15-24(32)28-20-11-12-22(27)18(5)13-20/h7-13,16-17,19H,14-15H2,1-6H3,(H,28,32). The Balaban J connectivity index is 1.73. The van der Waals surface area contributed by atoms with Crippen molar-refractivity contribution >= 4 is 39.3 Å².